The van der Waals surface area contributed by atoms with Crippen LogP contribution >= 0.6 is 0 Å². The Kier molecular flexibility index (Phi) is 3.53. The molecule has 4 nitrogen and oxygen atoms in total. The van der Waals surface area contributed by atoms with Crippen molar-refractivity contribution in [2.45, 2.75) is 44.9 Å². The molecule has 1 fully saturated rings. The summed E-state index contributed by atoms with van der Waals surface area (Å²) >= 11 is 0. The first-order valence-electron chi connectivity index (χ1n) is 8.27. The molecule has 23 heavy (non-hydrogen) atoms. The van der Waals surface area contributed by atoms with Gasteiger partial charge in [-0.25, -0.2) is 14.4 Å². The Labute approximate surface area is 135 Å². The fourth-order valence-corrected chi connectivity index (χ4v) is 3.46. The highest BCUT2D eigenvalue weighted by Gasteiger charge is 2.38. The van der Waals surface area contributed by atoms with Crippen LogP contribution in [0.3, 0.4) is 0 Å². The molecule has 0 saturated carbocycles. The van der Waals surface area contributed by atoms with Crippen LogP contribution in [0.1, 0.15) is 30.2 Å². The van der Waals surface area contributed by atoms with E-state index in [1.807, 2.05) is 24.0 Å². The molecule has 2 aromatic rings. The number of nitrogens with zero attached hydrogens (tertiary/aromatic N) is 3. The maximum atomic E-state index is 13.5. The third-order valence-corrected chi connectivity index (χ3v) is 5.00. The van der Waals surface area contributed by atoms with E-state index in [2.05, 4.69) is 12.1 Å². The fraction of sp³-hybridized carbons (Fsp3) is 0.444. The number of hydrogen-bond acceptors (Lipinski definition) is 4. The predicted octanol–water partition coefficient (Wildman–Crippen LogP) is 2.64. The van der Waals surface area contributed by atoms with Crippen LogP contribution in [0.25, 0.3) is 11.3 Å². The molecular formula is C18H21FN4. The highest BCUT2D eigenvalue weighted by atomic mass is 19.1. The van der Waals surface area contributed by atoms with Gasteiger partial charge in [0.25, 0.3) is 0 Å². The minimum Gasteiger partial charge on any atom is -0.332 e. The highest BCUT2D eigenvalue weighted by Crippen LogP contribution is 2.34. The number of benzene rings is 1. The van der Waals surface area contributed by atoms with Crippen LogP contribution < -0.4 is 10.6 Å². The van der Waals surface area contributed by atoms with E-state index in [1.54, 1.807) is 0 Å². The molecule has 2 heterocycles. The van der Waals surface area contributed by atoms with E-state index in [1.165, 1.54) is 5.56 Å². The van der Waals surface area contributed by atoms with Crippen molar-refractivity contribution in [2.75, 3.05) is 11.4 Å². The number of halogens is 1. The number of rotatable bonds is 3. The van der Waals surface area contributed by atoms with E-state index in [0.717, 1.165) is 41.8 Å². The van der Waals surface area contributed by atoms with E-state index in [4.69, 9.17) is 15.7 Å². The summed E-state index contributed by atoms with van der Waals surface area (Å²) < 4.78 is 13.5. The molecule has 1 aliphatic carbocycles. The molecule has 2 atom stereocenters. The molecule has 2 N–H and O–H groups in total. The lowest BCUT2D eigenvalue weighted by molar-refractivity contribution is 0.210. The summed E-state index contributed by atoms with van der Waals surface area (Å²) in [5.41, 5.74) is 11.3. The van der Waals surface area contributed by atoms with E-state index >= 15 is 0 Å². The largest absolute Gasteiger partial charge is 0.332 e. The van der Waals surface area contributed by atoms with Crippen molar-refractivity contribution in [2.24, 2.45) is 5.73 Å². The van der Waals surface area contributed by atoms with Crippen LogP contribution in [0.5, 0.6) is 0 Å². The molecule has 0 bridgehead atoms. The zero-order valence-electron chi connectivity index (χ0n) is 13.3. The van der Waals surface area contributed by atoms with Crippen LogP contribution in [0.4, 0.5) is 10.3 Å². The molecule has 0 radical (unpaired) electrons. The van der Waals surface area contributed by atoms with Crippen molar-refractivity contribution in [3.8, 4) is 11.3 Å². The van der Waals surface area contributed by atoms with Gasteiger partial charge in [0.2, 0.25) is 5.95 Å². The lowest BCUT2D eigenvalue weighted by Gasteiger charge is -2.42. The Bertz CT molecular complexity index is 746. The molecular weight excluding hydrogens is 291 g/mol. The molecule has 4 rings (SSSR count). The molecule has 0 spiro atoms. The number of anilines is 1. The molecule has 0 unspecified atom stereocenters. The van der Waals surface area contributed by atoms with Crippen molar-refractivity contribution in [3.05, 3.63) is 41.1 Å². The Morgan fingerprint density at radius 2 is 2.17 bits per heavy atom. The zero-order valence-corrected chi connectivity index (χ0v) is 13.3. The molecule has 1 saturated heterocycles. The normalized spacial score (nSPS) is 22.8. The summed E-state index contributed by atoms with van der Waals surface area (Å²) in [6.45, 7) is 2.79. The maximum absolute atomic E-state index is 13.5. The summed E-state index contributed by atoms with van der Waals surface area (Å²) in [5.74, 6) is 0.667. The second-order valence-electron chi connectivity index (χ2n) is 6.46. The van der Waals surface area contributed by atoms with Gasteiger partial charge in [0.1, 0.15) is 6.17 Å². The molecule has 1 aliphatic heterocycles. The quantitative estimate of drug-likeness (QED) is 0.946. The summed E-state index contributed by atoms with van der Waals surface area (Å²) in [4.78, 5) is 11.5. The number of fused-ring (bicyclic) bond motifs is 1. The predicted molar refractivity (Wildman–Crippen MR) is 89.1 cm³/mol. The number of aryl methyl sites for hydroxylation is 1. The van der Waals surface area contributed by atoms with Gasteiger partial charge < -0.3 is 10.6 Å². The number of nitrogens with two attached hydrogens (primary N) is 1. The van der Waals surface area contributed by atoms with Gasteiger partial charge in [0.15, 0.2) is 0 Å². The van der Waals surface area contributed by atoms with Crippen LogP contribution in [0.2, 0.25) is 0 Å². The highest BCUT2D eigenvalue weighted by molar-refractivity contribution is 5.67. The van der Waals surface area contributed by atoms with Gasteiger partial charge in [-0.05, 0) is 37.8 Å². The minimum atomic E-state index is -0.782. The molecule has 1 aromatic carbocycles. The van der Waals surface area contributed by atoms with Gasteiger partial charge in [-0.1, -0.05) is 18.2 Å². The smallest absolute Gasteiger partial charge is 0.226 e. The molecule has 2 aliphatic rings. The number of hydrogen-bond donors (Lipinski definition) is 1. The van der Waals surface area contributed by atoms with Crippen molar-refractivity contribution in [1.29, 1.82) is 0 Å². The monoisotopic (exact) mass is 312 g/mol. The van der Waals surface area contributed by atoms with E-state index < -0.39 is 6.17 Å². The van der Waals surface area contributed by atoms with Crippen LogP contribution in [-0.2, 0) is 19.4 Å². The Balaban J connectivity index is 1.80. The molecule has 1 aromatic heterocycles. The van der Waals surface area contributed by atoms with Crippen molar-refractivity contribution >= 4 is 5.95 Å². The fourth-order valence-electron chi connectivity index (χ4n) is 3.46. The third-order valence-electron chi connectivity index (χ3n) is 5.00. The van der Waals surface area contributed by atoms with E-state index in [-0.39, 0.29) is 6.04 Å². The number of aromatic nitrogens is 2. The van der Waals surface area contributed by atoms with Gasteiger partial charge in [0, 0.05) is 23.4 Å². The van der Waals surface area contributed by atoms with Crippen molar-refractivity contribution in [1.82, 2.24) is 9.97 Å². The minimum absolute atomic E-state index is 0.141. The molecule has 120 valence electrons. The van der Waals surface area contributed by atoms with Crippen LogP contribution in [0.15, 0.2) is 24.3 Å². The molecule has 5 heteroatoms. The Morgan fingerprint density at radius 3 is 2.91 bits per heavy atom. The lowest BCUT2D eigenvalue weighted by Crippen LogP contribution is -2.57. The van der Waals surface area contributed by atoms with Gasteiger partial charge >= 0.3 is 0 Å². The van der Waals surface area contributed by atoms with Gasteiger partial charge in [-0.2, -0.15) is 0 Å². The summed E-state index contributed by atoms with van der Waals surface area (Å²) in [5, 5.41) is 0. The summed E-state index contributed by atoms with van der Waals surface area (Å²) in [6.07, 6.45) is 2.32. The summed E-state index contributed by atoms with van der Waals surface area (Å²) in [7, 11) is 0. The van der Waals surface area contributed by atoms with Crippen molar-refractivity contribution in [3.63, 3.8) is 0 Å². The first-order chi connectivity index (χ1) is 11.2. The van der Waals surface area contributed by atoms with Crippen molar-refractivity contribution < 1.29 is 4.39 Å². The van der Waals surface area contributed by atoms with Crippen LogP contribution in [-0.4, -0.2) is 28.7 Å². The van der Waals surface area contributed by atoms with Crippen LogP contribution in [0, 0.1) is 0 Å². The Hall–Kier alpha value is -2.01. The first kappa shape index (κ1) is 14.6. The Morgan fingerprint density at radius 1 is 1.30 bits per heavy atom. The average Bonchev–Trinajstić information content (AvgIpc) is 3.06. The number of alkyl halides is 1. The molecule has 0 amide bonds. The SMILES string of the molecule is C[C@H]1[C@H](F)CN1c1nc2c(c(-c3cccc(CN)c3)n1)CCC2. The zero-order chi connectivity index (χ0) is 16.0. The standard InChI is InChI=1S/C18H21FN4/c1-11-15(19)10-23(11)18-21-16-7-3-6-14(16)17(22-18)13-5-2-4-12(8-13)9-20/h2,4-5,8,11,15H,3,6-7,9-10,20H2,1H3/t11-,15+/m0/s1. The first-order valence-corrected chi connectivity index (χ1v) is 8.27. The van der Waals surface area contributed by atoms with Gasteiger partial charge in [-0.3, -0.25) is 0 Å². The lowest BCUT2D eigenvalue weighted by atomic mass is 10.0. The average molecular weight is 312 g/mol. The van der Waals surface area contributed by atoms with E-state index in [9.17, 15) is 4.39 Å². The van der Waals surface area contributed by atoms with Gasteiger partial charge in [0.05, 0.1) is 18.3 Å². The second-order valence-corrected chi connectivity index (χ2v) is 6.46. The topological polar surface area (TPSA) is 55.0 Å². The van der Waals surface area contributed by atoms with E-state index in [0.29, 0.717) is 19.0 Å². The third kappa shape index (κ3) is 2.39. The maximum Gasteiger partial charge on any atom is 0.226 e. The van der Waals surface area contributed by atoms with Gasteiger partial charge in [-0.15, -0.1) is 0 Å². The second kappa shape index (κ2) is 5.57. The summed E-state index contributed by atoms with van der Waals surface area (Å²) in [6, 6.07) is 8.07.